The maximum absolute atomic E-state index is 12.8. The van der Waals surface area contributed by atoms with Crippen molar-refractivity contribution >= 4 is 5.91 Å². The minimum atomic E-state index is -0.265. The van der Waals surface area contributed by atoms with E-state index in [0.717, 1.165) is 23.3 Å². The average molecular weight is 377 g/mol. The number of nitriles is 1. The Morgan fingerprint density at radius 2 is 1.82 bits per heavy atom. The maximum atomic E-state index is 12.8. The van der Waals surface area contributed by atoms with Crippen LogP contribution in [0.25, 0.3) is 0 Å². The first-order valence-electron chi connectivity index (χ1n) is 9.36. The fraction of sp³-hybridized carbons (Fsp3) is 0.304. The highest BCUT2D eigenvalue weighted by molar-refractivity contribution is 5.97. The van der Waals surface area contributed by atoms with E-state index in [0.29, 0.717) is 13.1 Å². The average Bonchev–Trinajstić information content (AvgIpc) is 2.72. The fourth-order valence-electron chi connectivity index (χ4n) is 2.75. The molecule has 0 spiro atoms. The molecule has 0 fully saturated rings. The number of ether oxygens (including phenoxy) is 1. The van der Waals surface area contributed by atoms with E-state index in [1.807, 2.05) is 74.5 Å². The predicted octanol–water partition coefficient (Wildman–Crippen LogP) is 3.67. The van der Waals surface area contributed by atoms with Gasteiger partial charge in [-0.2, -0.15) is 5.26 Å². The lowest BCUT2D eigenvalue weighted by atomic mass is 10.1. The monoisotopic (exact) mass is 377 g/mol. The highest BCUT2D eigenvalue weighted by Gasteiger charge is 2.21. The minimum absolute atomic E-state index is 0.0104. The standard InChI is InChI=1S/C23H27N3O2/c1-18(2)26(17-20-7-5-4-6-8-20)23(27)21(15-24)16-25-14-13-19-9-11-22(28-3)12-10-19/h4-12,16,18,25H,13-14,17H2,1-3H3/b21-16-. The van der Waals surface area contributed by atoms with Crippen LogP contribution in [0.5, 0.6) is 5.75 Å². The van der Waals surface area contributed by atoms with Gasteiger partial charge in [0.15, 0.2) is 0 Å². The molecule has 5 heteroatoms. The summed E-state index contributed by atoms with van der Waals surface area (Å²) in [5.41, 5.74) is 2.30. The summed E-state index contributed by atoms with van der Waals surface area (Å²) in [5.74, 6) is 0.555. The molecule has 0 atom stereocenters. The number of methoxy groups -OCH3 is 1. The van der Waals surface area contributed by atoms with Crippen LogP contribution in [0.2, 0.25) is 0 Å². The molecule has 0 saturated carbocycles. The second-order valence-corrected chi connectivity index (χ2v) is 6.73. The summed E-state index contributed by atoms with van der Waals surface area (Å²) < 4.78 is 5.15. The SMILES string of the molecule is COc1ccc(CCN/C=C(/C#N)C(=O)N(Cc2ccccc2)C(C)C)cc1. The van der Waals surface area contributed by atoms with E-state index >= 15 is 0 Å². The van der Waals surface area contributed by atoms with Crippen molar-refractivity contribution in [1.29, 1.82) is 5.26 Å². The van der Waals surface area contributed by atoms with E-state index in [2.05, 4.69) is 5.32 Å². The molecule has 0 aromatic heterocycles. The molecule has 0 unspecified atom stereocenters. The molecule has 1 amide bonds. The maximum Gasteiger partial charge on any atom is 0.266 e. The van der Waals surface area contributed by atoms with Crippen molar-refractivity contribution in [2.75, 3.05) is 13.7 Å². The van der Waals surface area contributed by atoms with Gasteiger partial charge in [0.05, 0.1) is 7.11 Å². The van der Waals surface area contributed by atoms with Crippen molar-refractivity contribution < 1.29 is 9.53 Å². The number of nitrogens with one attached hydrogen (secondary N) is 1. The van der Waals surface area contributed by atoms with E-state index in [-0.39, 0.29) is 17.5 Å². The molecule has 0 aliphatic rings. The van der Waals surface area contributed by atoms with Gasteiger partial charge in [-0.15, -0.1) is 0 Å². The number of nitrogens with zero attached hydrogens (tertiary/aromatic N) is 2. The van der Waals surface area contributed by atoms with Crippen molar-refractivity contribution in [3.05, 3.63) is 77.5 Å². The Kier molecular flexibility index (Phi) is 8.11. The van der Waals surface area contributed by atoms with Crippen LogP contribution in [-0.4, -0.2) is 30.5 Å². The zero-order chi connectivity index (χ0) is 20.4. The smallest absolute Gasteiger partial charge is 0.266 e. The van der Waals surface area contributed by atoms with Crippen molar-refractivity contribution in [3.8, 4) is 11.8 Å². The minimum Gasteiger partial charge on any atom is -0.497 e. The van der Waals surface area contributed by atoms with Gasteiger partial charge in [-0.05, 0) is 43.5 Å². The largest absolute Gasteiger partial charge is 0.497 e. The van der Waals surface area contributed by atoms with Crippen LogP contribution in [0.3, 0.4) is 0 Å². The Bertz CT molecular complexity index is 821. The topological polar surface area (TPSA) is 65.4 Å². The summed E-state index contributed by atoms with van der Waals surface area (Å²) in [7, 11) is 1.64. The zero-order valence-electron chi connectivity index (χ0n) is 16.7. The molecule has 0 aliphatic heterocycles. The van der Waals surface area contributed by atoms with Gasteiger partial charge in [0.25, 0.3) is 5.91 Å². The third-order valence-electron chi connectivity index (χ3n) is 4.39. The van der Waals surface area contributed by atoms with Crippen LogP contribution in [0.1, 0.15) is 25.0 Å². The summed E-state index contributed by atoms with van der Waals surface area (Å²) in [5, 5.41) is 12.5. The van der Waals surface area contributed by atoms with Crippen molar-refractivity contribution in [2.24, 2.45) is 0 Å². The third kappa shape index (κ3) is 6.17. The number of benzene rings is 2. The number of amides is 1. The van der Waals surface area contributed by atoms with Gasteiger partial charge in [0.2, 0.25) is 0 Å². The number of carbonyl (C=O) groups is 1. The van der Waals surface area contributed by atoms with Gasteiger partial charge < -0.3 is 15.0 Å². The Morgan fingerprint density at radius 3 is 2.39 bits per heavy atom. The lowest BCUT2D eigenvalue weighted by molar-refractivity contribution is -0.129. The molecule has 146 valence electrons. The molecule has 0 bridgehead atoms. The summed E-state index contributed by atoms with van der Waals surface area (Å²) in [6.07, 6.45) is 2.30. The van der Waals surface area contributed by atoms with Crippen LogP contribution < -0.4 is 10.1 Å². The number of carbonyl (C=O) groups excluding carboxylic acids is 1. The lowest BCUT2D eigenvalue weighted by Gasteiger charge is -2.26. The van der Waals surface area contributed by atoms with E-state index in [9.17, 15) is 10.1 Å². The van der Waals surface area contributed by atoms with Crippen LogP contribution in [-0.2, 0) is 17.8 Å². The van der Waals surface area contributed by atoms with E-state index in [1.165, 1.54) is 6.20 Å². The molecule has 28 heavy (non-hydrogen) atoms. The first-order chi connectivity index (χ1) is 13.5. The number of hydrogen-bond acceptors (Lipinski definition) is 4. The quantitative estimate of drug-likeness (QED) is 0.411. The molecule has 1 N–H and O–H groups in total. The second kappa shape index (κ2) is 10.8. The summed E-state index contributed by atoms with van der Waals surface area (Å²) in [6, 6.07) is 19.6. The van der Waals surface area contributed by atoms with Gasteiger partial charge >= 0.3 is 0 Å². The fourth-order valence-corrected chi connectivity index (χ4v) is 2.75. The van der Waals surface area contributed by atoms with E-state index in [4.69, 9.17) is 4.74 Å². The van der Waals surface area contributed by atoms with Crippen LogP contribution >= 0.6 is 0 Å². The number of rotatable bonds is 9. The van der Waals surface area contributed by atoms with Gasteiger partial charge in [-0.1, -0.05) is 42.5 Å². The Morgan fingerprint density at radius 1 is 1.14 bits per heavy atom. The van der Waals surface area contributed by atoms with Gasteiger partial charge in [-0.25, -0.2) is 0 Å². The molecular formula is C23H27N3O2. The van der Waals surface area contributed by atoms with Gasteiger partial charge in [0.1, 0.15) is 17.4 Å². The second-order valence-electron chi connectivity index (χ2n) is 6.73. The lowest BCUT2D eigenvalue weighted by Crippen LogP contribution is -2.37. The van der Waals surface area contributed by atoms with E-state index in [1.54, 1.807) is 12.0 Å². The Hall–Kier alpha value is -3.26. The highest BCUT2D eigenvalue weighted by atomic mass is 16.5. The van der Waals surface area contributed by atoms with Crippen LogP contribution in [0, 0.1) is 11.3 Å². The molecule has 2 rings (SSSR count). The Labute approximate surface area is 167 Å². The van der Waals surface area contributed by atoms with E-state index < -0.39 is 0 Å². The molecule has 0 saturated heterocycles. The Balaban J connectivity index is 1.96. The molecule has 0 aliphatic carbocycles. The third-order valence-corrected chi connectivity index (χ3v) is 4.39. The normalized spacial score (nSPS) is 11.0. The zero-order valence-corrected chi connectivity index (χ0v) is 16.7. The molecule has 0 radical (unpaired) electrons. The van der Waals surface area contributed by atoms with Crippen LogP contribution in [0.4, 0.5) is 0 Å². The van der Waals surface area contributed by atoms with Crippen molar-refractivity contribution in [1.82, 2.24) is 10.2 Å². The first-order valence-corrected chi connectivity index (χ1v) is 9.36. The highest BCUT2D eigenvalue weighted by Crippen LogP contribution is 2.13. The van der Waals surface area contributed by atoms with Gasteiger partial charge in [0, 0.05) is 25.3 Å². The van der Waals surface area contributed by atoms with Crippen molar-refractivity contribution in [3.63, 3.8) is 0 Å². The first kappa shape index (κ1) is 21.0. The summed E-state index contributed by atoms with van der Waals surface area (Å²) >= 11 is 0. The molecule has 2 aromatic rings. The van der Waals surface area contributed by atoms with Crippen molar-refractivity contribution in [2.45, 2.75) is 32.9 Å². The van der Waals surface area contributed by atoms with Crippen LogP contribution in [0.15, 0.2) is 66.4 Å². The molecule has 5 nitrogen and oxygen atoms in total. The predicted molar refractivity (Wildman–Crippen MR) is 111 cm³/mol. The van der Waals surface area contributed by atoms with Gasteiger partial charge in [-0.3, -0.25) is 4.79 Å². The molecular weight excluding hydrogens is 350 g/mol. The molecule has 0 heterocycles. The summed E-state index contributed by atoms with van der Waals surface area (Å²) in [4.78, 5) is 14.5. The molecule has 2 aromatic carbocycles. The number of hydrogen-bond donors (Lipinski definition) is 1. The summed E-state index contributed by atoms with van der Waals surface area (Å²) in [6.45, 7) is 5.01.